The number of fused-ring (bicyclic) bond motifs is 1. The second kappa shape index (κ2) is 9.45. The van der Waals surface area contributed by atoms with Crippen LogP contribution in [0.15, 0.2) is 43.0 Å². The average Bonchev–Trinajstić information content (AvgIpc) is 3.54. The molecule has 1 amide bonds. The number of methoxy groups -OCH3 is 1. The molecule has 3 aromatic rings. The Morgan fingerprint density at radius 1 is 1.27 bits per heavy atom. The Bertz CT molecular complexity index is 1120. The number of rotatable bonds is 7. The maximum absolute atomic E-state index is 12.6. The van der Waals surface area contributed by atoms with E-state index in [1.165, 1.54) is 0 Å². The van der Waals surface area contributed by atoms with Gasteiger partial charge in [0.2, 0.25) is 24.5 Å². The highest BCUT2D eigenvalue weighted by molar-refractivity contribution is 5.76. The van der Waals surface area contributed by atoms with Gasteiger partial charge in [0.05, 0.1) is 12.8 Å². The number of aromatic nitrogens is 4. The monoisotopic (exact) mass is 450 g/mol. The van der Waals surface area contributed by atoms with Crippen molar-refractivity contribution in [2.45, 2.75) is 37.8 Å². The molecule has 172 valence electrons. The fourth-order valence-corrected chi connectivity index (χ4v) is 4.21. The van der Waals surface area contributed by atoms with Crippen LogP contribution in [0.3, 0.4) is 0 Å². The molecule has 0 aliphatic carbocycles. The van der Waals surface area contributed by atoms with E-state index in [9.17, 15) is 4.79 Å². The highest BCUT2D eigenvalue weighted by atomic mass is 16.7. The van der Waals surface area contributed by atoms with E-state index >= 15 is 0 Å². The van der Waals surface area contributed by atoms with Gasteiger partial charge in [0, 0.05) is 43.4 Å². The van der Waals surface area contributed by atoms with Crippen LogP contribution in [0.25, 0.3) is 5.95 Å². The molecule has 2 aliphatic rings. The molecule has 1 aromatic carbocycles. The lowest BCUT2D eigenvalue weighted by molar-refractivity contribution is -0.121. The topological polar surface area (TPSA) is 112 Å². The van der Waals surface area contributed by atoms with E-state index in [4.69, 9.17) is 19.2 Å². The Kier molecular flexibility index (Phi) is 6.07. The Morgan fingerprint density at radius 2 is 2.18 bits per heavy atom. The molecule has 1 saturated heterocycles. The highest BCUT2D eigenvalue weighted by Gasteiger charge is 2.26. The van der Waals surface area contributed by atoms with Crippen LogP contribution in [-0.4, -0.2) is 51.9 Å². The van der Waals surface area contributed by atoms with Crippen molar-refractivity contribution in [1.29, 1.82) is 0 Å². The van der Waals surface area contributed by atoms with Crippen LogP contribution >= 0.6 is 0 Å². The normalized spacial score (nSPS) is 19.3. The molecule has 10 nitrogen and oxygen atoms in total. The highest BCUT2D eigenvalue weighted by Crippen LogP contribution is 2.32. The first kappa shape index (κ1) is 21.2. The molecule has 0 bridgehead atoms. The number of imidazole rings is 1. The number of nitrogens with one attached hydrogen (secondary N) is 2. The molecule has 0 saturated carbocycles. The second-order valence-electron chi connectivity index (χ2n) is 8.15. The van der Waals surface area contributed by atoms with Gasteiger partial charge in [-0.25, -0.2) is 9.97 Å². The summed E-state index contributed by atoms with van der Waals surface area (Å²) in [5.74, 6) is 2.70. The molecule has 0 spiro atoms. The van der Waals surface area contributed by atoms with Crippen LogP contribution in [0.2, 0.25) is 0 Å². The van der Waals surface area contributed by atoms with E-state index in [-0.39, 0.29) is 24.7 Å². The third kappa shape index (κ3) is 4.90. The van der Waals surface area contributed by atoms with Gasteiger partial charge < -0.3 is 24.8 Å². The molecule has 2 aliphatic heterocycles. The summed E-state index contributed by atoms with van der Waals surface area (Å²) in [4.78, 5) is 25.9. The maximum Gasteiger partial charge on any atom is 0.238 e. The van der Waals surface area contributed by atoms with Gasteiger partial charge in [-0.1, -0.05) is 6.07 Å². The number of carbonyl (C=O) groups excluding carboxylic acids is 1. The van der Waals surface area contributed by atoms with Crippen molar-refractivity contribution in [3.8, 4) is 23.3 Å². The fraction of sp³-hybridized carbons (Fsp3) is 0.391. The van der Waals surface area contributed by atoms with Crippen LogP contribution in [0.4, 0.5) is 0 Å². The minimum atomic E-state index is 0.00481. The number of nitrogens with zero attached hydrogens (tertiary/aromatic N) is 4. The fourth-order valence-electron chi connectivity index (χ4n) is 4.21. The molecule has 33 heavy (non-hydrogen) atoms. The molecule has 4 heterocycles. The third-order valence-electron chi connectivity index (χ3n) is 5.93. The van der Waals surface area contributed by atoms with Crippen molar-refractivity contribution >= 4 is 5.91 Å². The molecular formula is C23H26N6O4. The first-order valence-corrected chi connectivity index (χ1v) is 11.0. The Morgan fingerprint density at radius 3 is 3.03 bits per heavy atom. The summed E-state index contributed by atoms with van der Waals surface area (Å²) >= 11 is 0. The summed E-state index contributed by atoms with van der Waals surface area (Å²) in [5, 5.41) is 6.47. The minimum absolute atomic E-state index is 0.00481. The van der Waals surface area contributed by atoms with Crippen LogP contribution < -0.4 is 24.8 Å². The molecule has 10 heteroatoms. The lowest BCUT2D eigenvalue weighted by atomic mass is 9.88. The number of hydrogen-bond acceptors (Lipinski definition) is 8. The van der Waals surface area contributed by atoms with Gasteiger partial charge in [0.25, 0.3) is 0 Å². The Balaban J connectivity index is 1.20. The number of carbonyl (C=O) groups is 1. The van der Waals surface area contributed by atoms with Gasteiger partial charge in [-0.3, -0.25) is 9.36 Å². The Labute approximate surface area is 191 Å². The van der Waals surface area contributed by atoms with Gasteiger partial charge in [-0.15, -0.1) is 0 Å². The summed E-state index contributed by atoms with van der Waals surface area (Å²) in [6.07, 6.45) is 7.28. The van der Waals surface area contributed by atoms with Gasteiger partial charge in [-0.05, 0) is 37.1 Å². The van der Waals surface area contributed by atoms with Gasteiger partial charge in [-0.2, -0.15) is 4.98 Å². The lowest BCUT2D eigenvalue weighted by Gasteiger charge is -2.30. The first-order valence-electron chi connectivity index (χ1n) is 11.0. The number of ether oxygens (including phenoxy) is 3. The standard InChI is InChI=1S/C23H26N6O4/c1-31-22-11-18(27-23(28-22)29-7-6-24-13-29)16-4-5-25-17(9-16)10-21(30)26-12-15-2-3-19-20(8-15)33-14-32-19/h2-3,6-8,11,13,16-17,25H,4-5,9-10,12,14H2,1H3,(H,26,30). The molecule has 5 rings (SSSR count). The predicted octanol–water partition coefficient (Wildman–Crippen LogP) is 1.94. The Hall–Kier alpha value is -3.66. The molecule has 2 aromatic heterocycles. The SMILES string of the molecule is COc1cc(C2CCNC(CC(=O)NCc3ccc4c(c3)OCO4)C2)nc(-n2ccnc2)n1. The third-order valence-corrected chi connectivity index (χ3v) is 5.93. The molecule has 1 fully saturated rings. The summed E-state index contributed by atoms with van der Waals surface area (Å²) in [7, 11) is 1.60. The van der Waals surface area contributed by atoms with Crippen LogP contribution in [0.5, 0.6) is 17.4 Å². The van der Waals surface area contributed by atoms with E-state index in [2.05, 4.69) is 20.6 Å². The summed E-state index contributed by atoms with van der Waals surface area (Å²) < 4.78 is 17.9. The second-order valence-corrected chi connectivity index (χ2v) is 8.15. The van der Waals surface area contributed by atoms with Crippen LogP contribution in [-0.2, 0) is 11.3 Å². The average molecular weight is 450 g/mol. The zero-order valence-corrected chi connectivity index (χ0v) is 18.4. The first-order chi connectivity index (χ1) is 16.2. The lowest BCUT2D eigenvalue weighted by Crippen LogP contribution is -2.41. The van der Waals surface area contributed by atoms with E-state index in [1.807, 2.05) is 24.3 Å². The molecular weight excluding hydrogens is 424 g/mol. The molecule has 0 radical (unpaired) electrons. The van der Waals surface area contributed by atoms with Crippen molar-refractivity contribution in [3.05, 3.63) is 54.2 Å². The zero-order valence-electron chi connectivity index (χ0n) is 18.4. The smallest absolute Gasteiger partial charge is 0.238 e. The van der Waals surface area contributed by atoms with Crippen molar-refractivity contribution in [2.24, 2.45) is 0 Å². The molecule has 2 N–H and O–H groups in total. The van der Waals surface area contributed by atoms with Crippen molar-refractivity contribution in [2.75, 3.05) is 20.4 Å². The van der Waals surface area contributed by atoms with E-state index < -0.39 is 0 Å². The number of benzene rings is 1. The maximum atomic E-state index is 12.6. The van der Waals surface area contributed by atoms with Crippen molar-refractivity contribution in [1.82, 2.24) is 30.2 Å². The predicted molar refractivity (Wildman–Crippen MR) is 119 cm³/mol. The van der Waals surface area contributed by atoms with Crippen molar-refractivity contribution in [3.63, 3.8) is 0 Å². The zero-order chi connectivity index (χ0) is 22.6. The van der Waals surface area contributed by atoms with Crippen LogP contribution in [0, 0.1) is 0 Å². The number of amides is 1. The molecule has 2 unspecified atom stereocenters. The minimum Gasteiger partial charge on any atom is -0.481 e. The van der Waals surface area contributed by atoms with Gasteiger partial charge in [0.15, 0.2) is 11.5 Å². The van der Waals surface area contributed by atoms with Gasteiger partial charge >= 0.3 is 0 Å². The number of hydrogen-bond donors (Lipinski definition) is 2. The number of piperidine rings is 1. The van der Waals surface area contributed by atoms with E-state index in [0.717, 1.165) is 36.4 Å². The molecule has 2 atom stereocenters. The summed E-state index contributed by atoms with van der Waals surface area (Å²) in [6.45, 7) is 1.50. The van der Waals surface area contributed by atoms with E-state index in [0.29, 0.717) is 30.5 Å². The summed E-state index contributed by atoms with van der Waals surface area (Å²) in [6, 6.07) is 7.65. The quantitative estimate of drug-likeness (QED) is 0.562. The summed E-state index contributed by atoms with van der Waals surface area (Å²) in [5.41, 5.74) is 1.89. The van der Waals surface area contributed by atoms with Crippen LogP contribution in [0.1, 0.15) is 36.4 Å². The van der Waals surface area contributed by atoms with Crippen molar-refractivity contribution < 1.29 is 19.0 Å². The largest absolute Gasteiger partial charge is 0.481 e. The van der Waals surface area contributed by atoms with Gasteiger partial charge in [0.1, 0.15) is 6.33 Å². The van der Waals surface area contributed by atoms with E-state index in [1.54, 1.807) is 30.4 Å².